The van der Waals surface area contributed by atoms with Crippen molar-refractivity contribution < 1.29 is 4.74 Å². The molecule has 2 nitrogen and oxygen atoms in total. The van der Waals surface area contributed by atoms with Crippen molar-refractivity contribution in [3.05, 3.63) is 51.7 Å². The van der Waals surface area contributed by atoms with Crippen LogP contribution in [0.25, 0.3) is 0 Å². The van der Waals surface area contributed by atoms with Crippen LogP contribution in [0.1, 0.15) is 35.8 Å². The lowest BCUT2D eigenvalue weighted by atomic mass is 9.86. The molecule has 0 spiro atoms. The molecule has 0 aliphatic heterocycles. The van der Waals surface area contributed by atoms with Gasteiger partial charge in [0, 0.05) is 17.5 Å². The highest BCUT2D eigenvalue weighted by Gasteiger charge is 2.25. The molecule has 0 saturated heterocycles. The summed E-state index contributed by atoms with van der Waals surface area (Å²) in [4.78, 5) is 4.21. The molecule has 0 amide bonds. The first-order chi connectivity index (χ1) is 11.3. The summed E-state index contributed by atoms with van der Waals surface area (Å²) in [7, 11) is 1.78. The lowest BCUT2D eigenvalue weighted by Gasteiger charge is -2.35. The Morgan fingerprint density at radius 3 is 2.79 bits per heavy atom. The maximum absolute atomic E-state index is 5.54. The number of thiophene rings is 1. The highest BCUT2D eigenvalue weighted by Crippen LogP contribution is 2.31. The van der Waals surface area contributed by atoms with E-state index >= 15 is 0 Å². The van der Waals surface area contributed by atoms with E-state index in [1.165, 1.54) is 48.4 Å². The number of fused-ring (bicyclic) bond motifs is 1. The quantitative estimate of drug-likeness (QED) is 0.626. The second kappa shape index (κ2) is 9.59. The van der Waals surface area contributed by atoms with Crippen molar-refractivity contribution in [3.63, 3.8) is 0 Å². The number of nitrogens with zero attached hydrogens (tertiary/aromatic N) is 1. The Morgan fingerprint density at radius 1 is 1.21 bits per heavy atom. The van der Waals surface area contributed by atoms with Crippen LogP contribution in [-0.2, 0) is 19.3 Å². The average molecular weight is 410 g/mol. The SMILES string of the molecule is Br.CCCN(CCc1cccs1)[C@H]1CCc2c(cccc2OC)C1. The summed E-state index contributed by atoms with van der Waals surface area (Å²) in [6, 6.07) is 11.6. The normalized spacial score (nSPS) is 16.5. The monoisotopic (exact) mass is 409 g/mol. The molecule has 132 valence electrons. The Kier molecular flexibility index (Phi) is 7.79. The summed E-state index contributed by atoms with van der Waals surface area (Å²) in [6.07, 6.45) is 5.96. The van der Waals surface area contributed by atoms with Crippen LogP contribution in [-0.4, -0.2) is 31.1 Å². The summed E-state index contributed by atoms with van der Waals surface area (Å²) in [5.74, 6) is 1.07. The Balaban J connectivity index is 0.00000208. The van der Waals surface area contributed by atoms with Gasteiger partial charge in [0.15, 0.2) is 0 Å². The van der Waals surface area contributed by atoms with Gasteiger partial charge in [0.1, 0.15) is 5.75 Å². The third-order valence-corrected chi connectivity index (χ3v) is 5.82. The second-order valence-corrected chi connectivity index (χ2v) is 7.39. The van der Waals surface area contributed by atoms with Crippen LogP contribution < -0.4 is 4.74 Å². The minimum absolute atomic E-state index is 0. The Labute approximate surface area is 160 Å². The van der Waals surface area contributed by atoms with Crippen molar-refractivity contribution in [1.82, 2.24) is 4.90 Å². The van der Waals surface area contributed by atoms with Gasteiger partial charge < -0.3 is 4.74 Å². The highest BCUT2D eigenvalue weighted by atomic mass is 79.9. The van der Waals surface area contributed by atoms with Gasteiger partial charge in [-0.05, 0) is 67.3 Å². The molecular formula is C20H28BrNOS. The molecule has 0 unspecified atom stereocenters. The van der Waals surface area contributed by atoms with Crippen molar-refractivity contribution in [1.29, 1.82) is 0 Å². The van der Waals surface area contributed by atoms with Crippen LogP contribution in [0.2, 0.25) is 0 Å². The molecule has 2 aromatic rings. The van der Waals surface area contributed by atoms with E-state index in [1.54, 1.807) is 7.11 Å². The van der Waals surface area contributed by atoms with E-state index in [9.17, 15) is 0 Å². The van der Waals surface area contributed by atoms with Crippen molar-refractivity contribution in [2.75, 3.05) is 20.2 Å². The van der Waals surface area contributed by atoms with Crippen LogP contribution >= 0.6 is 28.3 Å². The van der Waals surface area contributed by atoms with Crippen molar-refractivity contribution in [2.45, 2.75) is 45.1 Å². The number of methoxy groups -OCH3 is 1. The Hall–Kier alpha value is -0.840. The fourth-order valence-electron chi connectivity index (χ4n) is 3.73. The van der Waals surface area contributed by atoms with Crippen LogP contribution in [0.4, 0.5) is 0 Å². The summed E-state index contributed by atoms with van der Waals surface area (Å²) in [5, 5.41) is 2.18. The zero-order valence-electron chi connectivity index (χ0n) is 14.7. The molecule has 24 heavy (non-hydrogen) atoms. The standard InChI is InChI=1S/C20H27NOS.BrH/c1-3-12-21(13-11-18-7-5-14-23-18)17-9-10-19-16(15-17)6-4-8-20(19)22-2;/h4-8,14,17H,3,9-13,15H2,1-2H3;1H/t17-;/m0./s1. The smallest absolute Gasteiger partial charge is 0.122 e. The first kappa shape index (κ1) is 19.5. The number of halogens is 1. The van der Waals surface area contributed by atoms with E-state index in [0.717, 1.165) is 18.6 Å². The molecule has 1 aromatic carbocycles. The molecule has 1 aliphatic carbocycles. The van der Waals surface area contributed by atoms with Crippen molar-refractivity contribution in [3.8, 4) is 5.75 Å². The van der Waals surface area contributed by atoms with E-state index in [4.69, 9.17) is 4.74 Å². The second-order valence-electron chi connectivity index (χ2n) is 6.36. The zero-order chi connectivity index (χ0) is 16.1. The molecular weight excluding hydrogens is 382 g/mol. The van der Waals surface area contributed by atoms with Gasteiger partial charge in [-0.2, -0.15) is 0 Å². The van der Waals surface area contributed by atoms with Gasteiger partial charge in [-0.3, -0.25) is 4.90 Å². The molecule has 0 fully saturated rings. The van der Waals surface area contributed by atoms with Gasteiger partial charge in [-0.15, -0.1) is 28.3 Å². The predicted molar refractivity (Wildman–Crippen MR) is 109 cm³/mol. The molecule has 3 rings (SSSR count). The zero-order valence-corrected chi connectivity index (χ0v) is 17.2. The Bertz CT molecular complexity index is 614. The van der Waals surface area contributed by atoms with E-state index in [-0.39, 0.29) is 17.0 Å². The summed E-state index contributed by atoms with van der Waals surface area (Å²) in [5.41, 5.74) is 2.92. The molecule has 0 radical (unpaired) electrons. The van der Waals surface area contributed by atoms with Gasteiger partial charge in [0.25, 0.3) is 0 Å². The first-order valence-electron chi connectivity index (χ1n) is 8.73. The minimum Gasteiger partial charge on any atom is -0.496 e. The van der Waals surface area contributed by atoms with Gasteiger partial charge in [-0.1, -0.05) is 25.1 Å². The molecule has 4 heteroatoms. The van der Waals surface area contributed by atoms with Crippen LogP contribution in [0.3, 0.4) is 0 Å². The molecule has 1 aliphatic rings. The van der Waals surface area contributed by atoms with Gasteiger partial charge in [0.05, 0.1) is 7.11 Å². The van der Waals surface area contributed by atoms with Crippen LogP contribution in [0.15, 0.2) is 35.7 Å². The summed E-state index contributed by atoms with van der Waals surface area (Å²) < 4.78 is 5.54. The topological polar surface area (TPSA) is 12.5 Å². The fourth-order valence-corrected chi connectivity index (χ4v) is 4.43. The third kappa shape index (κ3) is 4.62. The molecule has 0 bridgehead atoms. The molecule has 1 aromatic heterocycles. The lowest BCUT2D eigenvalue weighted by Crippen LogP contribution is -2.41. The maximum Gasteiger partial charge on any atom is 0.122 e. The molecule has 0 saturated carbocycles. The average Bonchev–Trinajstić information content (AvgIpc) is 3.11. The summed E-state index contributed by atoms with van der Waals surface area (Å²) >= 11 is 1.88. The number of hydrogen-bond acceptors (Lipinski definition) is 3. The predicted octanol–water partition coefficient (Wildman–Crippen LogP) is 5.15. The number of ether oxygens (including phenoxy) is 1. The van der Waals surface area contributed by atoms with Crippen LogP contribution in [0.5, 0.6) is 5.75 Å². The lowest BCUT2D eigenvalue weighted by molar-refractivity contribution is 0.181. The number of benzene rings is 1. The van der Waals surface area contributed by atoms with Crippen molar-refractivity contribution in [2.24, 2.45) is 0 Å². The minimum atomic E-state index is 0. The fraction of sp³-hybridized carbons (Fsp3) is 0.500. The third-order valence-electron chi connectivity index (χ3n) is 4.89. The Morgan fingerprint density at radius 2 is 2.08 bits per heavy atom. The molecule has 0 N–H and O–H groups in total. The van der Waals surface area contributed by atoms with E-state index in [2.05, 4.69) is 47.5 Å². The van der Waals surface area contributed by atoms with Crippen molar-refractivity contribution >= 4 is 28.3 Å². The summed E-state index contributed by atoms with van der Waals surface area (Å²) in [6.45, 7) is 4.67. The number of hydrogen-bond donors (Lipinski definition) is 0. The highest BCUT2D eigenvalue weighted by molar-refractivity contribution is 8.93. The number of rotatable bonds is 7. The molecule has 1 heterocycles. The van der Waals surface area contributed by atoms with E-state index < -0.39 is 0 Å². The van der Waals surface area contributed by atoms with Gasteiger partial charge in [-0.25, -0.2) is 0 Å². The van der Waals surface area contributed by atoms with E-state index in [0.29, 0.717) is 6.04 Å². The van der Waals surface area contributed by atoms with E-state index in [1.807, 2.05) is 11.3 Å². The largest absolute Gasteiger partial charge is 0.496 e. The maximum atomic E-state index is 5.54. The first-order valence-corrected chi connectivity index (χ1v) is 9.61. The van der Waals surface area contributed by atoms with Gasteiger partial charge in [0.2, 0.25) is 0 Å². The van der Waals surface area contributed by atoms with Crippen LogP contribution in [0, 0.1) is 0 Å². The van der Waals surface area contributed by atoms with Gasteiger partial charge >= 0.3 is 0 Å². The molecule has 1 atom stereocenters.